The first-order valence-corrected chi connectivity index (χ1v) is 5.59. The highest BCUT2D eigenvalue weighted by molar-refractivity contribution is 5.75. The molecule has 1 aromatic heterocycles. The van der Waals surface area contributed by atoms with E-state index in [2.05, 4.69) is 10.4 Å². The number of allylic oxidation sites excluding steroid dienone is 4. The van der Waals surface area contributed by atoms with Gasteiger partial charge in [-0.05, 0) is 12.2 Å². The Hall–Kier alpha value is -2.03. The van der Waals surface area contributed by atoms with Crippen molar-refractivity contribution in [1.82, 2.24) is 9.78 Å². The van der Waals surface area contributed by atoms with Crippen LogP contribution >= 0.6 is 0 Å². The number of hydrogen-bond donors (Lipinski definition) is 3. The van der Waals surface area contributed by atoms with E-state index in [0.29, 0.717) is 0 Å². The van der Waals surface area contributed by atoms with E-state index >= 15 is 0 Å². The van der Waals surface area contributed by atoms with Crippen molar-refractivity contribution in [2.45, 2.75) is 18.9 Å². The molecular formula is C11H11F4N3O2. The first-order valence-electron chi connectivity index (χ1n) is 5.59. The highest BCUT2D eigenvalue weighted by Gasteiger charge is 2.36. The Labute approximate surface area is 110 Å². The number of anilines is 1. The van der Waals surface area contributed by atoms with Crippen molar-refractivity contribution in [2.24, 2.45) is 0 Å². The fourth-order valence-electron chi connectivity index (χ4n) is 1.85. The van der Waals surface area contributed by atoms with Crippen LogP contribution in [-0.4, -0.2) is 32.9 Å². The van der Waals surface area contributed by atoms with Gasteiger partial charge in [0.1, 0.15) is 12.9 Å². The molecule has 3 N–H and O–H groups in total. The number of nitrogens with one attached hydrogen (secondary N) is 1. The van der Waals surface area contributed by atoms with Crippen LogP contribution in [0.2, 0.25) is 0 Å². The van der Waals surface area contributed by atoms with E-state index in [1.165, 1.54) is 0 Å². The number of aromatic nitrogens is 2. The summed E-state index contributed by atoms with van der Waals surface area (Å²) in [6.07, 6.45) is -4.62. The molecule has 0 fully saturated rings. The van der Waals surface area contributed by atoms with Crippen LogP contribution in [0.1, 0.15) is 12.1 Å². The van der Waals surface area contributed by atoms with E-state index in [9.17, 15) is 22.7 Å². The van der Waals surface area contributed by atoms with Crippen molar-refractivity contribution in [3.8, 4) is 0 Å². The molecule has 0 aliphatic heterocycles. The summed E-state index contributed by atoms with van der Waals surface area (Å²) in [5.74, 6) is -0.559. The average Bonchev–Trinajstić information content (AvgIpc) is 2.72. The quantitative estimate of drug-likeness (QED) is 0.590. The summed E-state index contributed by atoms with van der Waals surface area (Å²) < 4.78 is 51.6. The Morgan fingerprint density at radius 2 is 2.15 bits per heavy atom. The Kier molecular flexibility index (Phi) is 3.71. The van der Waals surface area contributed by atoms with Crippen LogP contribution in [0.15, 0.2) is 24.0 Å². The third-order valence-corrected chi connectivity index (χ3v) is 2.59. The van der Waals surface area contributed by atoms with Gasteiger partial charge in [-0.15, -0.1) is 18.3 Å². The highest BCUT2D eigenvalue weighted by atomic mass is 19.4. The summed E-state index contributed by atoms with van der Waals surface area (Å²) in [6, 6.07) is 1.01. The lowest BCUT2D eigenvalue weighted by atomic mass is 10.0. The molecule has 0 amide bonds. The van der Waals surface area contributed by atoms with Crippen molar-refractivity contribution >= 4 is 11.4 Å². The Bertz CT molecular complexity index is 563. The summed E-state index contributed by atoms with van der Waals surface area (Å²) in [5.41, 5.74) is -0.556. The Morgan fingerprint density at radius 3 is 2.70 bits per heavy atom. The monoisotopic (exact) mass is 293 g/mol. The maximum absolute atomic E-state index is 13.3. The second-order valence-electron chi connectivity index (χ2n) is 4.11. The summed E-state index contributed by atoms with van der Waals surface area (Å²) in [6.45, 7) is -0.597. The average molecular weight is 293 g/mol. The number of aliphatic hydroxyl groups excluding tert-OH is 2. The number of halogens is 4. The van der Waals surface area contributed by atoms with Crippen LogP contribution in [0.4, 0.5) is 23.4 Å². The summed E-state index contributed by atoms with van der Waals surface area (Å²) >= 11 is 0. The number of aliphatic hydroxyl groups is 2. The van der Waals surface area contributed by atoms with Crippen molar-refractivity contribution in [3.63, 3.8) is 0 Å². The van der Waals surface area contributed by atoms with Crippen LogP contribution in [-0.2, 0) is 6.30 Å². The van der Waals surface area contributed by atoms with Gasteiger partial charge in [-0.3, -0.25) is 0 Å². The van der Waals surface area contributed by atoms with Crippen molar-refractivity contribution < 1.29 is 27.8 Å². The smallest absolute Gasteiger partial charge is 0.505 e. The number of rotatable bonds is 3. The van der Waals surface area contributed by atoms with Gasteiger partial charge in [-0.2, -0.15) is 4.68 Å². The van der Waals surface area contributed by atoms with Gasteiger partial charge in [0, 0.05) is 18.1 Å². The van der Waals surface area contributed by atoms with Crippen LogP contribution in [0.5, 0.6) is 0 Å². The molecule has 9 heteroatoms. The second kappa shape index (κ2) is 5.16. The SMILES string of the molecule is OCNc1cc(C2=CC(F)CC(O)=C2)n(C(F)(F)F)n1. The van der Waals surface area contributed by atoms with E-state index in [1.54, 1.807) is 0 Å². The molecule has 1 heterocycles. The third kappa shape index (κ3) is 2.93. The summed E-state index contributed by atoms with van der Waals surface area (Å²) in [7, 11) is 0. The largest absolute Gasteiger partial charge is 0.512 e. The molecule has 1 atom stereocenters. The topological polar surface area (TPSA) is 70.3 Å². The van der Waals surface area contributed by atoms with E-state index < -0.39 is 24.9 Å². The van der Waals surface area contributed by atoms with E-state index in [0.717, 1.165) is 18.2 Å². The molecule has 0 spiro atoms. The molecule has 5 nitrogen and oxygen atoms in total. The molecular weight excluding hydrogens is 282 g/mol. The second-order valence-corrected chi connectivity index (χ2v) is 4.11. The lowest BCUT2D eigenvalue weighted by Crippen LogP contribution is -2.21. The molecule has 1 aliphatic rings. The van der Waals surface area contributed by atoms with E-state index in [4.69, 9.17) is 5.11 Å². The van der Waals surface area contributed by atoms with Crippen molar-refractivity contribution in [3.05, 3.63) is 29.7 Å². The molecule has 0 radical (unpaired) electrons. The lowest BCUT2D eigenvalue weighted by Gasteiger charge is -2.15. The molecule has 0 bridgehead atoms. The van der Waals surface area contributed by atoms with Crippen molar-refractivity contribution in [2.75, 3.05) is 12.0 Å². The summed E-state index contributed by atoms with van der Waals surface area (Å²) in [4.78, 5) is 0. The van der Waals surface area contributed by atoms with Gasteiger partial charge in [0.2, 0.25) is 0 Å². The summed E-state index contributed by atoms with van der Waals surface area (Å²) in [5, 5.41) is 23.4. The zero-order valence-corrected chi connectivity index (χ0v) is 10.0. The Morgan fingerprint density at radius 1 is 1.45 bits per heavy atom. The van der Waals surface area contributed by atoms with Gasteiger partial charge in [0.25, 0.3) is 0 Å². The minimum absolute atomic E-state index is 0.128. The minimum atomic E-state index is -4.81. The molecule has 1 aliphatic carbocycles. The lowest BCUT2D eigenvalue weighted by molar-refractivity contribution is -0.212. The first kappa shape index (κ1) is 14.4. The van der Waals surface area contributed by atoms with Crippen LogP contribution in [0, 0.1) is 0 Å². The van der Waals surface area contributed by atoms with Gasteiger partial charge < -0.3 is 15.5 Å². The number of nitrogens with zero attached hydrogens (tertiary/aromatic N) is 2. The zero-order valence-electron chi connectivity index (χ0n) is 10.0. The maximum Gasteiger partial charge on any atom is 0.505 e. The van der Waals surface area contributed by atoms with Gasteiger partial charge >= 0.3 is 6.30 Å². The molecule has 0 saturated carbocycles. The zero-order chi connectivity index (χ0) is 14.9. The van der Waals surface area contributed by atoms with E-state index in [-0.39, 0.29) is 28.3 Å². The molecule has 20 heavy (non-hydrogen) atoms. The minimum Gasteiger partial charge on any atom is -0.512 e. The molecule has 110 valence electrons. The highest BCUT2D eigenvalue weighted by Crippen LogP contribution is 2.32. The normalized spacial score (nSPS) is 19.6. The molecule has 1 unspecified atom stereocenters. The predicted octanol–water partition coefficient (Wildman–Crippen LogP) is 2.29. The fourth-order valence-corrected chi connectivity index (χ4v) is 1.85. The first-order chi connectivity index (χ1) is 9.31. The molecule has 1 aromatic rings. The predicted molar refractivity (Wildman–Crippen MR) is 62.4 cm³/mol. The number of hydrogen-bond acceptors (Lipinski definition) is 4. The van der Waals surface area contributed by atoms with E-state index in [1.807, 2.05) is 0 Å². The van der Waals surface area contributed by atoms with Gasteiger partial charge in [0.05, 0.1) is 11.5 Å². The van der Waals surface area contributed by atoms with Gasteiger partial charge in [-0.1, -0.05) is 0 Å². The standard InChI is InChI=1S/C11H11F4N3O2/c12-7-1-6(2-8(20)3-7)9-4-10(16-5-19)17-18(9)11(13,14)15/h1-2,4,7,19-20H,3,5H2,(H,16,17). The van der Waals surface area contributed by atoms with Gasteiger partial charge in [-0.25, -0.2) is 4.39 Å². The van der Waals surface area contributed by atoms with Gasteiger partial charge in [0.15, 0.2) is 5.82 Å². The molecule has 0 saturated heterocycles. The third-order valence-electron chi connectivity index (χ3n) is 2.59. The van der Waals surface area contributed by atoms with Crippen LogP contribution < -0.4 is 5.32 Å². The Balaban J connectivity index is 2.50. The molecule has 2 rings (SSSR count). The molecule has 0 aromatic carbocycles. The van der Waals surface area contributed by atoms with Crippen LogP contribution in [0.25, 0.3) is 5.57 Å². The maximum atomic E-state index is 13.3. The fraction of sp³-hybridized carbons (Fsp3) is 0.364. The van der Waals surface area contributed by atoms with Crippen molar-refractivity contribution in [1.29, 1.82) is 0 Å². The van der Waals surface area contributed by atoms with Crippen LogP contribution in [0.3, 0.4) is 0 Å². The number of alkyl halides is 4.